The lowest BCUT2D eigenvalue weighted by atomic mass is 10.1. The number of carbonyl (C=O) groups excluding carboxylic acids is 1. The summed E-state index contributed by atoms with van der Waals surface area (Å²) in [7, 11) is 0. The van der Waals surface area contributed by atoms with Crippen LogP contribution in [0.2, 0.25) is 0 Å². The SMILES string of the molecule is CCC=C(C=C(C)Oc1cccnc1)NC(=O)c1cccc(C#N)c1. The third kappa shape index (κ3) is 5.63. The largest absolute Gasteiger partial charge is 0.460 e. The summed E-state index contributed by atoms with van der Waals surface area (Å²) in [6.07, 6.45) is 7.69. The molecule has 1 heterocycles. The Balaban J connectivity index is 2.12. The molecule has 0 fully saturated rings. The Morgan fingerprint density at radius 1 is 1.36 bits per heavy atom. The lowest BCUT2D eigenvalue weighted by molar-refractivity contribution is 0.0967. The molecule has 0 saturated heterocycles. The Morgan fingerprint density at radius 3 is 2.88 bits per heavy atom. The van der Waals surface area contributed by atoms with Crippen LogP contribution in [-0.2, 0) is 0 Å². The Bertz CT molecular complexity index is 834. The van der Waals surface area contributed by atoms with Gasteiger partial charge in [0.1, 0.15) is 11.5 Å². The van der Waals surface area contributed by atoms with E-state index >= 15 is 0 Å². The van der Waals surface area contributed by atoms with E-state index in [2.05, 4.69) is 10.3 Å². The summed E-state index contributed by atoms with van der Waals surface area (Å²) in [6.45, 7) is 3.78. The summed E-state index contributed by atoms with van der Waals surface area (Å²) in [4.78, 5) is 16.4. The topological polar surface area (TPSA) is 75.0 Å². The van der Waals surface area contributed by atoms with Crippen molar-refractivity contribution in [2.45, 2.75) is 20.3 Å². The van der Waals surface area contributed by atoms with Crippen molar-refractivity contribution in [3.63, 3.8) is 0 Å². The van der Waals surface area contributed by atoms with Gasteiger partial charge in [0.05, 0.1) is 17.8 Å². The van der Waals surface area contributed by atoms with Gasteiger partial charge in [-0.3, -0.25) is 9.78 Å². The number of ether oxygens (including phenoxy) is 1. The van der Waals surface area contributed by atoms with Gasteiger partial charge in [0.25, 0.3) is 5.91 Å². The molecule has 0 spiro atoms. The number of carbonyl (C=O) groups is 1. The van der Waals surface area contributed by atoms with Gasteiger partial charge in [-0.1, -0.05) is 19.1 Å². The first-order valence-electron chi connectivity index (χ1n) is 7.90. The molecule has 0 unspecified atom stereocenters. The number of nitrogens with one attached hydrogen (secondary N) is 1. The second kappa shape index (κ2) is 9.04. The Labute approximate surface area is 147 Å². The first-order chi connectivity index (χ1) is 12.1. The minimum atomic E-state index is -0.276. The number of pyridine rings is 1. The van der Waals surface area contributed by atoms with Crippen LogP contribution in [0.1, 0.15) is 36.2 Å². The fraction of sp³-hybridized carbons (Fsp3) is 0.150. The maximum Gasteiger partial charge on any atom is 0.255 e. The lowest BCUT2D eigenvalue weighted by Gasteiger charge is -2.09. The van der Waals surface area contributed by atoms with Gasteiger partial charge >= 0.3 is 0 Å². The molecule has 1 aromatic carbocycles. The smallest absolute Gasteiger partial charge is 0.255 e. The molecule has 0 radical (unpaired) electrons. The summed E-state index contributed by atoms with van der Waals surface area (Å²) in [6, 6.07) is 12.2. The molecule has 5 heteroatoms. The van der Waals surface area contributed by atoms with Gasteiger partial charge < -0.3 is 10.1 Å². The van der Waals surface area contributed by atoms with Crippen molar-refractivity contribution in [2.24, 2.45) is 0 Å². The zero-order valence-electron chi connectivity index (χ0n) is 14.2. The fourth-order valence-corrected chi connectivity index (χ4v) is 2.14. The van der Waals surface area contributed by atoms with E-state index in [1.165, 1.54) is 0 Å². The third-order valence-electron chi connectivity index (χ3n) is 3.21. The molecule has 2 aromatic rings. The molecular weight excluding hydrogens is 314 g/mol. The van der Waals surface area contributed by atoms with Crippen LogP contribution in [0.15, 0.2) is 72.4 Å². The number of benzene rings is 1. The average Bonchev–Trinajstić information content (AvgIpc) is 2.62. The summed E-state index contributed by atoms with van der Waals surface area (Å²) >= 11 is 0. The van der Waals surface area contributed by atoms with Gasteiger partial charge in [-0.2, -0.15) is 5.26 Å². The molecular formula is C20H19N3O2. The van der Waals surface area contributed by atoms with Crippen molar-refractivity contribution in [3.05, 3.63) is 83.5 Å². The number of nitrogens with zero attached hydrogens (tertiary/aromatic N) is 2. The van der Waals surface area contributed by atoms with Crippen LogP contribution in [0.25, 0.3) is 0 Å². The van der Waals surface area contributed by atoms with Crippen LogP contribution < -0.4 is 10.1 Å². The highest BCUT2D eigenvalue weighted by atomic mass is 16.5. The number of rotatable bonds is 6. The summed E-state index contributed by atoms with van der Waals surface area (Å²) in [5, 5.41) is 11.8. The Morgan fingerprint density at radius 2 is 2.20 bits per heavy atom. The van der Waals surface area contributed by atoms with E-state index < -0.39 is 0 Å². The van der Waals surface area contributed by atoms with E-state index in [0.717, 1.165) is 6.42 Å². The van der Waals surface area contributed by atoms with Gasteiger partial charge in [-0.05, 0) is 49.8 Å². The molecule has 0 atom stereocenters. The van der Waals surface area contributed by atoms with E-state index in [1.807, 2.05) is 19.1 Å². The van der Waals surface area contributed by atoms with Crippen LogP contribution in [0.5, 0.6) is 5.75 Å². The van der Waals surface area contributed by atoms with Crippen molar-refractivity contribution >= 4 is 5.91 Å². The van der Waals surface area contributed by atoms with Crippen LogP contribution >= 0.6 is 0 Å². The highest BCUT2D eigenvalue weighted by molar-refractivity contribution is 5.95. The number of amides is 1. The zero-order valence-corrected chi connectivity index (χ0v) is 14.2. The Hall–Kier alpha value is -3.39. The average molecular weight is 333 g/mol. The molecule has 5 nitrogen and oxygen atoms in total. The highest BCUT2D eigenvalue weighted by Gasteiger charge is 2.08. The lowest BCUT2D eigenvalue weighted by Crippen LogP contribution is -2.22. The van der Waals surface area contributed by atoms with E-state index in [1.54, 1.807) is 61.8 Å². The maximum absolute atomic E-state index is 12.4. The normalized spacial score (nSPS) is 11.6. The molecule has 0 bridgehead atoms. The van der Waals surface area contributed by atoms with Gasteiger partial charge in [0.2, 0.25) is 0 Å². The van der Waals surface area contributed by atoms with Crippen LogP contribution in [0.3, 0.4) is 0 Å². The zero-order chi connectivity index (χ0) is 18.1. The fourth-order valence-electron chi connectivity index (χ4n) is 2.14. The van der Waals surface area contributed by atoms with Crippen LogP contribution in [-0.4, -0.2) is 10.9 Å². The quantitative estimate of drug-likeness (QED) is 0.641. The molecule has 0 aliphatic rings. The molecule has 0 saturated carbocycles. The number of allylic oxidation sites excluding steroid dienone is 3. The first kappa shape index (κ1) is 18.0. The number of nitriles is 1. The predicted molar refractivity (Wildman–Crippen MR) is 95.6 cm³/mol. The van der Waals surface area contributed by atoms with Crippen molar-refractivity contribution in [2.75, 3.05) is 0 Å². The number of aromatic nitrogens is 1. The second-order valence-electron chi connectivity index (χ2n) is 5.26. The first-order valence-corrected chi connectivity index (χ1v) is 7.90. The van der Waals surface area contributed by atoms with Crippen molar-refractivity contribution in [3.8, 4) is 11.8 Å². The third-order valence-corrected chi connectivity index (χ3v) is 3.21. The molecule has 1 amide bonds. The van der Waals surface area contributed by atoms with Gasteiger partial charge in [0.15, 0.2) is 0 Å². The standard InChI is InChI=1S/C20H19N3O2/c1-3-6-18(11-15(2)25-19-9-5-10-22-14-19)23-20(24)17-8-4-7-16(12-17)13-21/h4-12,14H,3H2,1-2H3,(H,23,24). The molecule has 0 aliphatic heterocycles. The second-order valence-corrected chi connectivity index (χ2v) is 5.26. The molecule has 126 valence electrons. The summed E-state index contributed by atoms with van der Waals surface area (Å²) in [5.74, 6) is 0.973. The monoisotopic (exact) mass is 333 g/mol. The predicted octanol–water partition coefficient (Wildman–Crippen LogP) is 3.96. The van der Waals surface area contributed by atoms with Crippen molar-refractivity contribution in [1.82, 2.24) is 10.3 Å². The minimum Gasteiger partial charge on any atom is -0.460 e. The van der Waals surface area contributed by atoms with Gasteiger partial charge in [0, 0.05) is 17.5 Å². The summed E-state index contributed by atoms with van der Waals surface area (Å²) in [5.41, 5.74) is 1.51. The molecule has 1 N–H and O–H groups in total. The summed E-state index contributed by atoms with van der Waals surface area (Å²) < 4.78 is 5.68. The van der Waals surface area contributed by atoms with Crippen LogP contribution in [0.4, 0.5) is 0 Å². The Kier molecular flexibility index (Phi) is 6.49. The maximum atomic E-state index is 12.4. The molecule has 2 rings (SSSR count). The number of hydrogen-bond donors (Lipinski definition) is 1. The minimum absolute atomic E-state index is 0.276. The molecule has 0 aliphatic carbocycles. The molecule has 1 aromatic heterocycles. The highest BCUT2D eigenvalue weighted by Crippen LogP contribution is 2.13. The van der Waals surface area contributed by atoms with E-state index in [4.69, 9.17) is 10.00 Å². The van der Waals surface area contributed by atoms with Gasteiger partial charge in [-0.15, -0.1) is 0 Å². The van der Waals surface area contributed by atoms with Crippen LogP contribution in [0, 0.1) is 11.3 Å². The van der Waals surface area contributed by atoms with Crippen molar-refractivity contribution in [1.29, 1.82) is 5.26 Å². The number of hydrogen-bond acceptors (Lipinski definition) is 4. The van der Waals surface area contributed by atoms with E-state index in [-0.39, 0.29) is 5.91 Å². The van der Waals surface area contributed by atoms with Crippen molar-refractivity contribution < 1.29 is 9.53 Å². The molecule has 25 heavy (non-hydrogen) atoms. The van der Waals surface area contributed by atoms with E-state index in [9.17, 15) is 4.79 Å². The van der Waals surface area contributed by atoms with Gasteiger partial charge in [-0.25, -0.2) is 0 Å². The van der Waals surface area contributed by atoms with E-state index in [0.29, 0.717) is 28.3 Å².